The maximum Gasteiger partial charge on any atom is 0.160 e. The molecule has 3 heteroatoms. The average Bonchev–Trinajstić information content (AvgIpc) is 3.26. The molecule has 3 nitrogen and oxygen atoms in total. The molecule has 0 aromatic heterocycles. The third-order valence-electron chi connectivity index (χ3n) is 7.59. The van der Waals surface area contributed by atoms with Gasteiger partial charge < -0.3 is 4.74 Å². The van der Waals surface area contributed by atoms with Gasteiger partial charge in [-0.15, -0.1) is 0 Å². The van der Waals surface area contributed by atoms with E-state index in [0.717, 1.165) is 51.9 Å². The van der Waals surface area contributed by atoms with Gasteiger partial charge in [0.15, 0.2) is 5.84 Å². The van der Waals surface area contributed by atoms with Gasteiger partial charge in [0.1, 0.15) is 11.5 Å². The van der Waals surface area contributed by atoms with Gasteiger partial charge in [-0.25, -0.2) is 9.98 Å². The summed E-state index contributed by atoms with van der Waals surface area (Å²) in [7, 11) is 0. The molecule has 0 spiro atoms. The van der Waals surface area contributed by atoms with Crippen molar-refractivity contribution in [1.82, 2.24) is 0 Å². The van der Waals surface area contributed by atoms with Crippen LogP contribution in [0.4, 0.5) is 0 Å². The maximum absolute atomic E-state index is 6.21. The van der Waals surface area contributed by atoms with Crippen LogP contribution in [-0.4, -0.2) is 11.5 Å². The van der Waals surface area contributed by atoms with E-state index >= 15 is 0 Å². The lowest BCUT2D eigenvalue weighted by Crippen LogP contribution is -2.12. The summed E-state index contributed by atoms with van der Waals surface area (Å²) in [5.74, 6) is 2.88. The van der Waals surface area contributed by atoms with E-state index < -0.39 is 0 Å². The number of fused-ring (bicyclic) bond motifs is 2. The van der Waals surface area contributed by atoms with Gasteiger partial charge >= 0.3 is 0 Å². The van der Waals surface area contributed by atoms with Crippen LogP contribution in [0.1, 0.15) is 45.7 Å². The number of rotatable bonds is 5. The van der Waals surface area contributed by atoms with Gasteiger partial charge in [0.2, 0.25) is 0 Å². The highest BCUT2D eigenvalue weighted by atomic mass is 16.5. The predicted molar refractivity (Wildman–Crippen MR) is 163 cm³/mol. The average molecular weight is 517 g/mol. The van der Waals surface area contributed by atoms with Crippen LogP contribution in [0.3, 0.4) is 0 Å². The zero-order valence-electron chi connectivity index (χ0n) is 22.1. The Balaban J connectivity index is 1.20. The molecule has 2 aliphatic rings. The lowest BCUT2D eigenvalue weighted by molar-refractivity contribution is 0.445. The normalized spacial score (nSPS) is 14.6. The summed E-state index contributed by atoms with van der Waals surface area (Å²) in [5.41, 5.74) is 8.95. The van der Waals surface area contributed by atoms with Crippen LogP contribution in [0.5, 0.6) is 11.5 Å². The first-order chi connectivity index (χ1) is 19.8. The minimum atomic E-state index is 0.246. The fourth-order valence-electron chi connectivity index (χ4n) is 5.54. The molecule has 5 aromatic carbocycles. The Hall–Kier alpha value is -5.02. The summed E-state index contributed by atoms with van der Waals surface area (Å²) in [4.78, 5) is 10.1. The van der Waals surface area contributed by atoms with E-state index in [1.54, 1.807) is 0 Å². The standard InChI is InChI=1S/C37H28N2O/c1-3-11-27(12-4-1)33-23-24-34(39-37(38-33)29-13-5-2-6-14-29)28-21-19-26(20-22-28)25-32-30-15-7-9-17-35(30)40-36-18-10-8-16-31(32)36/h1-23,32H,24-25H2. The van der Waals surface area contributed by atoms with E-state index in [9.17, 15) is 0 Å². The van der Waals surface area contributed by atoms with Crippen LogP contribution in [0.2, 0.25) is 0 Å². The Morgan fingerprint density at radius 3 is 1.77 bits per heavy atom. The number of aliphatic imine (C=N–C) groups is 2. The summed E-state index contributed by atoms with van der Waals surface area (Å²) in [5, 5.41) is 0. The van der Waals surface area contributed by atoms with E-state index in [-0.39, 0.29) is 5.92 Å². The van der Waals surface area contributed by atoms with Crippen molar-refractivity contribution in [2.75, 3.05) is 0 Å². The number of nitrogens with zero attached hydrogens (tertiary/aromatic N) is 2. The highest BCUT2D eigenvalue weighted by Gasteiger charge is 2.27. The molecule has 0 N–H and O–H groups in total. The predicted octanol–water partition coefficient (Wildman–Crippen LogP) is 8.85. The molecule has 7 rings (SSSR count). The zero-order valence-corrected chi connectivity index (χ0v) is 22.1. The third kappa shape index (κ3) is 4.78. The van der Waals surface area contributed by atoms with Gasteiger partial charge in [-0.2, -0.15) is 0 Å². The summed E-state index contributed by atoms with van der Waals surface area (Å²) >= 11 is 0. The van der Waals surface area contributed by atoms with E-state index in [1.165, 1.54) is 16.7 Å². The zero-order chi connectivity index (χ0) is 26.7. The molecule has 40 heavy (non-hydrogen) atoms. The molecule has 192 valence electrons. The number of benzene rings is 5. The van der Waals surface area contributed by atoms with Crippen molar-refractivity contribution in [3.05, 3.63) is 173 Å². The first-order valence-corrected chi connectivity index (χ1v) is 13.7. The smallest absolute Gasteiger partial charge is 0.160 e. The fraction of sp³-hybridized carbons (Fsp3) is 0.0811. The Kier molecular flexibility index (Phi) is 6.39. The number of ether oxygens (including phenoxy) is 1. The molecule has 0 unspecified atom stereocenters. The summed E-state index contributed by atoms with van der Waals surface area (Å²) in [6, 6.07) is 46.2. The Morgan fingerprint density at radius 1 is 0.550 bits per heavy atom. The van der Waals surface area contributed by atoms with Crippen molar-refractivity contribution in [2.45, 2.75) is 18.8 Å². The van der Waals surface area contributed by atoms with Gasteiger partial charge in [-0.3, -0.25) is 0 Å². The molecule has 0 atom stereocenters. The highest BCUT2D eigenvalue weighted by Crippen LogP contribution is 2.45. The first kappa shape index (κ1) is 24.1. The second-order valence-electron chi connectivity index (χ2n) is 10.2. The van der Waals surface area contributed by atoms with Crippen LogP contribution in [0.25, 0.3) is 5.70 Å². The monoisotopic (exact) mass is 516 g/mol. The first-order valence-electron chi connectivity index (χ1n) is 13.7. The van der Waals surface area contributed by atoms with Crippen LogP contribution < -0.4 is 4.74 Å². The van der Waals surface area contributed by atoms with Crippen molar-refractivity contribution >= 4 is 17.2 Å². The molecule has 5 aromatic rings. The van der Waals surface area contributed by atoms with Crippen molar-refractivity contribution in [3.8, 4) is 11.5 Å². The van der Waals surface area contributed by atoms with E-state index in [4.69, 9.17) is 14.7 Å². The van der Waals surface area contributed by atoms with E-state index in [0.29, 0.717) is 6.42 Å². The van der Waals surface area contributed by atoms with Gasteiger partial charge in [0.05, 0.1) is 11.4 Å². The number of amidine groups is 1. The number of para-hydroxylation sites is 2. The molecule has 2 aliphatic heterocycles. The van der Waals surface area contributed by atoms with Crippen LogP contribution in [0.15, 0.2) is 150 Å². The summed E-state index contributed by atoms with van der Waals surface area (Å²) < 4.78 is 6.21. The summed E-state index contributed by atoms with van der Waals surface area (Å²) in [6.45, 7) is 0. The minimum Gasteiger partial charge on any atom is -0.457 e. The molecule has 0 saturated heterocycles. The SMILES string of the molecule is C1=C(c2ccccc2)N=C(c2ccccc2)N=C(c2ccc(CC3c4ccccc4Oc4ccccc43)cc2)C1. The second-order valence-corrected chi connectivity index (χ2v) is 10.2. The summed E-state index contributed by atoms with van der Waals surface area (Å²) in [6.07, 6.45) is 3.80. The molecule has 0 aliphatic carbocycles. The molecule has 0 fully saturated rings. The van der Waals surface area contributed by atoms with E-state index in [2.05, 4.69) is 103 Å². The van der Waals surface area contributed by atoms with Crippen molar-refractivity contribution in [1.29, 1.82) is 0 Å². The number of allylic oxidation sites excluding steroid dienone is 1. The molecule has 0 radical (unpaired) electrons. The van der Waals surface area contributed by atoms with Crippen LogP contribution in [-0.2, 0) is 6.42 Å². The Morgan fingerprint density at radius 2 is 1.12 bits per heavy atom. The maximum atomic E-state index is 6.21. The van der Waals surface area contributed by atoms with Gasteiger partial charge in [-0.05, 0) is 35.2 Å². The number of hydrogen-bond donors (Lipinski definition) is 0. The van der Waals surface area contributed by atoms with Crippen molar-refractivity contribution < 1.29 is 4.74 Å². The highest BCUT2D eigenvalue weighted by molar-refractivity contribution is 6.15. The van der Waals surface area contributed by atoms with Gasteiger partial charge in [0, 0.05) is 29.0 Å². The third-order valence-corrected chi connectivity index (χ3v) is 7.59. The fourth-order valence-corrected chi connectivity index (χ4v) is 5.54. The lowest BCUT2D eigenvalue weighted by atomic mass is 9.83. The van der Waals surface area contributed by atoms with Crippen molar-refractivity contribution in [3.63, 3.8) is 0 Å². The quantitative estimate of drug-likeness (QED) is 0.230. The Labute approximate surface area is 234 Å². The lowest BCUT2D eigenvalue weighted by Gasteiger charge is -2.28. The molecule has 0 saturated carbocycles. The second kappa shape index (κ2) is 10.6. The molecule has 0 bridgehead atoms. The van der Waals surface area contributed by atoms with Crippen LogP contribution >= 0.6 is 0 Å². The topological polar surface area (TPSA) is 34.0 Å². The molecular weight excluding hydrogens is 488 g/mol. The largest absolute Gasteiger partial charge is 0.457 e. The molecular formula is C37H28N2O. The molecule has 2 heterocycles. The number of hydrogen-bond acceptors (Lipinski definition) is 3. The minimum absolute atomic E-state index is 0.246. The van der Waals surface area contributed by atoms with Gasteiger partial charge in [0.25, 0.3) is 0 Å². The van der Waals surface area contributed by atoms with Crippen LogP contribution in [0, 0.1) is 0 Å². The van der Waals surface area contributed by atoms with Crippen molar-refractivity contribution in [2.24, 2.45) is 9.98 Å². The van der Waals surface area contributed by atoms with E-state index in [1.807, 2.05) is 36.4 Å². The van der Waals surface area contributed by atoms with Gasteiger partial charge in [-0.1, -0.05) is 127 Å². The molecule has 0 amide bonds. The Bertz CT molecular complexity index is 1700.